The minimum Gasteiger partial charge on any atom is -0.322 e. The molecule has 0 heterocycles. The Morgan fingerprint density at radius 1 is 0.378 bits per heavy atom. The van der Waals surface area contributed by atoms with Crippen molar-refractivity contribution in [3.8, 4) is 0 Å². The molecular formula is C39H45N3O3. The van der Waals surface area contributed by atoms with E-state index in [1.807, 2.05) is 48.5 Å². The van der Waals surface area contributed by atoms with Gasteiger partial charge >= 0.3 is 0 Å². The summed E-state index contributed by atoms with van der Waals surface area (Å²) in [5.74, 6) is -1.00. The first-order valence-electron chi connectivity index (χ1n) is 15.3. The van der Waals surface area contributed by atoms with Gasteiger partial charge in [-0.1, -0.05) is 98.7 Å². The maximum Gasteiger partial charge on any atom is 0.255 e. The molecule has 0 aliphatic heterocycles. The Labute approximate surface area is 267 Å². The molecule has 3 N–H and O–H groups in total. The van der Waals surface area contributed by atoms with Gasteiger partial charge in [-0.2, -0.15) is 0 Å². The van der Waals surface area contributed by atoms with Crippen molar-refractivity contribution in [2.45, 2.75) is 78.6 Å². The van der Waals surface area contributed by atoms with Crippen molar-refractivity contribution in [2.75, 3.05) is 16.0 Å². The third-order valence-electron chi connectivity index (χ3n) is 7.75. The van der Waals surface area contributed by atoms with Crippen molar-refractivity contribution in [2.24, 2.45) is 0 Å². The van der Waals surface area contributed by atoms with E-state index in [2.05, 4.69) is 78.3 Å². The highest BCUT2D eigenvalue weighted by Gasteiger charge is 2.18. The van der Waals surface area contributed by atoms with Crippen molar-refractivity contribution >= 4 is 34.8 Å². The van der Waals surface area contributed by atoms with Crippen molar-refractivity contribution in [1.29, 1.82) is 0 Å². The maximum atomic E-state index is 13.4. The highest BCUT2D eigenvalue weighted by molar-refractivity contribution is 6.10. The molecule has 45 heavy (non-hydrogen) atoms. The predicted molar refractivity (Wildman–Crippen MR) is 186 cm³/mol. The van der Waals surface area contributed by atoms with E-state index in [9.17, 15) is 14.4 Å². The molecule has 0 atom stereocenters. The largest absolute Gasteiger partial charge is 0.322 e. The zero-order valence-corrected chi connectivity index (χ0v) is 27.9. The number of carbonyl (C=O) groups excluding carboxylic acids is 3. The van der Waals surface area contributed by atoms with Crippen molar-refractivity contribution in [3.05, 3.63) is 124 Å². The second-order valence-electron chi connectivity index (χ2n) is 14.6. The first-order chi connectivity index (χ1) is 20.9. The molecule has 0 radical (unpaired) electrons. The van der Waals surface area contributed by atoms with E-state index in [1.54, 1.807) is 42.5 Å². The summed E-state index contributed by atoms with van der Waals surface area (Å²) in [5.41, 5.74) is 5.98. The van der Waals surface area contributed by atoms with Crippen LogP contribution in [0.15, 0.2) is 91.0 Å². The molecule has 0 aromatic heterocycles. The van der Waals surface area contributed by atoms with Gasteiger partial charge in [-0.15, -0.1) is 0 Å². The van der Waals surface area contributed by atoms with Gasteiger partial charge in [0.05, 0.1) is 0 Å². The van der Waals surface area contributed by atoms with Crippen LogP contribution < -0.4 is 16.0 Å². The van der Waals surface area contributed by atoms with E-state index in [0.717, 1.165) is 16.7 Å². The van der Waals surface area contributed by atoms with Crippen LogP contribution in [0, 0.1) is 0 Å². The van der Waals surface area contributed by atoms with Gasteiger partial charge in [0.2, 0.25) is 0 Å². The fraction of sp³-hybridized carbons (Fsp3) is 0.308. The van der Waals surface area contributed by atoms with E-state index in [0.29, 0.717) is 28.2 Å². The van der Waals surface area contributed by atoms with Crippen LogP contribution in [0.4, 0.5) is 17.1 Å². The standard InChI is InChI=1S/C39H45N3O3/c1-37(2,3)28-14-10-25(11-15-28)34(43)41-32-22-27(36(45)40-31-20-18-30(19-21-31)39(7,8)9)23-33(24-32)42-35(44)26-12-16-29(17-13-26)38(4,5)6/h10-24H,1-9H3,(H,40,45)(H,41,43)(H,42,44). The fourth-order valence-electron chi connectivity index (χ4n) is 4.81. The summed E-state index contributed by atoms with van der Waals surface area (Å²) in [6.45, 7) is 19.1. The second kappa shape index (κ2) is 12.7. The summed E-state index contributed by atoms with van der Waals surface area (Å²) < 4.78 is 0. The number of hydrogen-bond acceptors (Lipinski definition) is 3. The summed E-state index contributed by atoms with van der Waals surface area (Å²) in [5, 5.41) is 8.75. The van der Waals surface area contributed by atoms with E-state index >= 15 is 0 Å². The minimum absolute atomic E-state index is 0.0116. The lowest BCUT2D eigenvalue weighted by molar-refractivity contribution is 0.101. The van der Waals surface area contributed by atoms with Crippen LogP contribution >= 0.6 is 0 Å². The van der Waals surface area contributed by atoms with Crippen LogP contribution in [0.5, 0.6) is 0 Å². The molecule has 0 fully saturated rings. The molecule has 3 amide bonds. The third kappa shape index (κ3) is 8.69. The monoisotopic (exact) mass is 603 g/mol. The number of anilines is 3. The van der Waals surface area contributed by atoms with Gasteiger partial charge in [-0.3, -0.25) is 14.4 Å². The quantitative estimate of drug-likeness (QED) is 0.205. The SMILES string of the molecule is CC(C)(C)c1ccc(NC(=O)c2cc(NC(=O)c3ccc(C(C)(C)C)cc3)cc(NC(=O)c3ccc(C(C)(C)C)cc3)c2)cc1. The third-order valence-corrected chi connectivity index (χ3v) is 7.75. The number of nitrogens with one attached hydrogen (secondary N) is 3. The summed E-state index contributed by atoms with van der Waals surface area (Å²) in [6.07, 6.45) is 0. The lowest BCUT2D eigenvalue weighted by atomic mass is 9.86. The van der Waals surface area contributed by atoms with Crippen molar-refractivity contribution < 1.29 is 14.4 Å². The minimum atomic E-state index is -0.367. The van der Waals surface area contributed by atoms with E-state index < -0.39 is 0 Å². The molecular weight excluding hydrogens is 558 g/mol. The number of carbonyl (C=O) groups is 3. The van der Waals surface area contributed by atoms with Gasteiger partial charge in [0.15, 0.2) is 0 Å². The highest BCUT2D eigenvalue weighted by atomic mass is 16.2. The first-order valence-corrected chi connectivity index (χ1v) is 15.3. The Morgan fingerprint density at radius 3 is 1.00 bits per heavy atom. The van der Waals surface area contributed by atoms with E-state index in [1.165, 1.54) is 0 Å². The Hall–Kier alpha value is -4.71. The molecule has 234 valence electrons. The Balaban J connectivity index is 1.61. The smallest absolute Gasteiger partial charge is 0.255 e. The fourth-order valence-corrected chi connectivity index (χ4v) is 4.81. The van der Waals surface area contributed by atoms with Gasteiger partial charge in [-0.05, 0) is 87.5 Å². The topological polar surface area (TPSA) is 87.3 Å². The number of amides is 3. The average molecular weight is 604 g/mol. The molecule has 0 aliphatic rings. The zero-order chi connectivity index (χ0) is 33.2. The summed E-state index contributed by atoms with van der Waals surface area (Å²) >= 11 is 0. The van der Waals surface area contributed by atoms with Gasteiger partial charge in [0, 0.05) is 33.8 Å². The Morgan fingerprint density at radius 2 is 0.667 bits per heavy atom. The van der Waals surface area contributed by atoms with Gasteiger partial charge in [0.1, 0.15) is 0 Å². The molecule has 0 bridgehead atoms. The summed E-state index contributed by atoms with van der Waals surface area (Å²) in [7, 11) is 0. The van der Waals surface area contributed by atoms with Gasteiger partial charge in [0.25, 0.3) is 17.7 Å². The van der Waals surface area contributed by atoms with Gasteiger partial charge in [-0.25, -0.2) is 0 Å². The van der Waals surface area contributed by atoms with Crippen LogP contribution in [0.3, 0.4) is 0 Å². The summed E-state index contributed by atoms with van der Waals surface area (Å²) in [6, 6.07) is 27.5. The van der Waals surface area contributed by atoms with Crippen LogP contribution in [0.25, 0.3) is 0 Å². The van der Waals surface area contributed by atoms with Crippen LogP contribution in [-0.2, 0) is 16.2 Å². The first kappa shape index (κ1) is 33.2. The Kier molecular flexibility index (Phi) is 9.38. The van der Waals surface area contributed by atoms with Crippen LogP contribution in [-0.4, -0.2) is 17.7 Å². The molecule has 4 aromatic carbocycles. The highest BCUT2D eigenvalue weighted by Crippen LogP contribution is 2.27. The number of hydrogen-bond donors (Lipinski definition) is 3. The molecule has 0 saturated carbocycles. The second-order valence-corrected chi connectivity index (χ2v) is 14.6. The number of benzene rings is 4. The molecule has 4 aromatic rings. The molecule has 0 unspecified atom stereocenters. The zero-order valence-electron chi connectivity index (χ0n) is 27.9. The molecule has 0 saturated heterocycles. The molecule has 6 nitrogen and oxygen atoms in total. The average Bonchev–Trinajstić information content (AvgIpc) is 2.96. The molecule has 6 heteroatoms. The van der Waals surface area contributed by atoms with Crippen LogP contribution in [0.1, 0.15) is 110 Å². The normalized spacial score (nSPS) is 11.9. The molecule has 4 rings (SSSR count). The Bertz CT molecular complexity index is 1590. The lowest BCUT2D eigenvalue weighted by Gasteiger charge is -2.19. The van der Waals surface area contributed by atoms with E-state index in [4.69, 9.17) is 0 Å². The predicted octanol–water partition coefficient (Wildman–Crippen LogP) is 9.34. The maximum absolute atomic E-state index is 13.4. The number of rotatable bonds is 6. The van der Waals surface area contributed by atoms with E-state index in [-0.39, 0.29) is 39.5 Å². The van der Waals surface area contributed by atoms with Gasteiger partial charge < -0.3 is 16.0 Å². The molecule has 0 spiro atoms. The van der Waals surface area contributed by atoms with Crippen LogP contribution in [0.2, 0.25) is 0 Å². The van der Waals surface area contributed by atoms with Crippen molar-refractivity contribution in [3.63, 3.8) is 0 Å². The lowest BCUT2D eigenvalue weighted by Crippen LogP contribution is -2.18. The summed E-state index contributed by atoms with van der Waals surface area (Å²) in [4.78, 5) is 39.9. The molecule has 0 aliphatic carbocycles. The van der Waals surface area contributed by atoms with Crippen molar-refractivity contribution in [1.82, 2.24) is 0 Å².